The largest absolute Gasteiger partial charge is 0.455 e. The number of hydrogen-bond acceptors (Lipinski definition) is 5. The highest BCUT2D eigenvalue weighted by atomic mass is 16.3. The van der Waals surface area contributed by atoms with E-state index in [1.165, 1.54) is 17.4 Å². The van der Waals surface area contributed by atoms with Crippen molar-refractivity contribution in [1.82, 2.24) is 0 Å². The molecule has 1 atom stereocenters. The van der Waals surface area contributed by atoms with E-state index in [0.29, 0.717) is 5.76 Å². The Bertz CT molecular complexity index is 1130. The highest BCUT2D eigenvalue weighted by molar-refractivity contribution is 5.83. The summed E-state index contributed by atoms with van der Waals surface area (Å²) in [7, 11) is 0. The molecule has 2 aromatic rings. The normalized spacial score (nSPS) is 19.9. The Hall–Kier alpha value is -4.14. The molecule has 9 nitrogen and oxygen atoms in total. The Balaban J connectivity index is 1.45. The fourth-order valence-electron chi connectivity index (χ4n) is 3.56. The second-order valence-electron chi connectivity index (χ2n) is 7.15. The van der Waals surface area contributed by atoms with Crippen molar-refractivity contribution in [2.45, 2.75) is 18.3 Å². The molecule has 0 saturated heterocycles. The van der Waals surface area contributed by atoms with E-state index in [4.69, 9.17) is 27.4 Å². The molecule has 0 amide bonds. The number of furan rings is 1. The zero-order valence-corrected chi connectivity index (χ0v) is 16.2. The molecule has 152 valence electrons. The number of allylic oxidation sites excluding steroid dienone is 4. The van der Waals surface area contributed by atoms with Crippen LogP contribution in [-0.2, 0) is 5.41 Å². The monoisotopic (exact) mass is 402 g/mol. The van der Waals surface area contributed by atoms with Crippen molar-refractivity contribution in [3.8, 4) is 0 Å². The predicted octanol–water partition coefficient (Wildman–Crippen LogP) is 1.55. The molecule has 0 spiro atoms. The number of nitrogens with zero attached hydrogens (tertiary/aromatic N) is 4. The molecule has 4 rings (SSSR count). The van der Waals surface area contributed by atoms with Crippen LogP contribution in [0, 0.1) is 0 Å². The van der Waals surface area contributed by atoms with Crippen LogP contribution in [0.4, 0.5) is 0 Å². The van der Waals surface area contributed by atoms with Gasteiger partial charge in [-0.3, -0.25) is 0 Å². The van der Waals surface area contributed by atoms with Crippen molar-refractivity contribution in [2.75, 3.05) is 0 Å². The second-order valence-corrected chi connectivity index (χ2v) is 7.15. The van der Waals surface area contributed by atoms with E-state index in [-0.39, 0.29) is 17.3 Å². The molecule has 1 saturated carbocycles. The zero-order valence-electron chi connectivity index (χ0n) is 16.2. The maximum atomic E-state index is 5.82. The van der Waals surface area contributed by atoms with E-state index in [1.54, 1.807) is 6.21 Å². The number of fused-ring (bicyclic) bond motifs is 1. The number of nitrogens with two attached hydrogens (primary N) is 4. The quantitative estimate of drug-likeness (QED) is 0.326. The fraction of sp³-hybridized carbons (Fsp3) is 0.143. The third-order valence-corrected chi connectivity index (χ3v) is 5.09. The van der Waals surface area contributed by atoms with Gasteiger partial charge in [-0.1, -0.05) is 42.0 Å². The van der Waals surface area contributed by atoms with Crippen molar-refractivity contribution in [1.29, 1.82) is 0 Å². The highest BCUT2D eigenvalue weighted by Gasteiger charge is 2.50. The lowest BCUT2D eigenvalue weighted by atomic mass is 9.87. The Morgan fingerprint density at radius 2 is 1.60 bits per heavy atom. The molecule has 1 aromatic carbocycles. The fourth-order valence-corrected chi connectivity index (χ4v) is 3.56. The van der Waals surface area contributed by atoms with Crippen LogP contribution in [0.1, 0.15) is 35.5 Å². The van der Waals surface area contributed by atoms with Gasteiger partial charge in [0.25, 0.3) is 0 Å². The van der Waals surface area contributed by atoms with E-state index in [2.05, 4.69) is 44.7 Å². The van der Waals surface area contributed by atoms with Crippen molar-refractivity contribution >= 4 is 29.9 Å². The molecule has 0 bridgehead atoms. The van der Waals surface area contributed by atoms with Gasteiger partial charge in [0.1, 0.15) is 11.5 Å². The van der Waals surface area contributed by atoms with Gasteiger partial charge in [-0.15, -0.1) is 10.2 Å². The minimum Gasteiger partial charge on any atom is -0.455 e. The van der Waals surface area contributed by atoms with Crippen molar-refractivity contribution < 1.29 is 4.42 Å². The van der Waals surface area contributed by atoms with Crippen molar-refractivity contribution in [3.63, 3.8) is 0 Å². The predicted molar refractivity (Wildman–Crippen MR) is 119 cm³/mol. The maximum Gasteiger partial charge on any atom is 0.211 e. The Morgan fingerprint density at radius 1 is 0.900 bits per heavy atom. The van der Waals surface area contributed by atoms with Crippen molar-refractivity contribution in [2.24, 2.45) is 43.3 Å². The van der Waals surface area contributed by atoms with Crippen LogP contribution < -0.4 is 22.9 Å². The summed E-state index contributed by atoms with van der Waals surface area (Å²) in [5.74, 6) is 1.21. The average Bonchev–Trinajstić information content (AvgIpc) is 3.28. The van der Waals surface area contributed by atoms with Crippen LogP contribution in [-0.4, -0.2) is 24.3 Å². The van der Waals surface area contributed by atoms with Gasteiger partial charge in [0.2, 0.25) is 11.9 Å². The molecule has 0 radical (unpaired) electrons. The Morgan fingerprint density at radius 3 is 2.27 bits per heavy atom. The number of benzene rings is 1. The van der Waals surface area contributed by atoms with E-state index in [9.17, 15) is 0 Å². The number of rotatable bonds is 6. The molecule has 1 fully saturated rings. The summed E-state index contributed by atoms with van der Waals surface area (Å²) in [5, 5.41) is 14.8. The smallest absolute Gasteiger partial charge is 0.211 e. The highest BCUT2D eigenvalue weighted by Crippen LogP contribution is 2.59. The molecule has 2 aliphatic rings. The van der Waals surface area contributed by atoms with Crippen LogP contribution in [0.5, 0.6) is 0 Å². The first-order chi connectivity index (χ1) is 14.5. The van der Waals surface area contributed by atoms with Gasteiger partial charge in [0.05, 0.1) is 12.4 Å². The van der Waals surface area contributed by atoms with Gasteiger partial charge in [0.15, 0.2) is 0 Å². The van der Waals surface area contributed by atoms with Gasteiger partial charge in [0, 0.05) is 11.0 Å². The second kappa shape index (κ2) is 7.70. The lowest BCUT2D eigenvalue weighted by Crippen LogP contribution is -2.21. The minimum absolute atomic E-state index is 0.0657. The number of hydrogen-bond donors (Lipinski definition) is 4. The molecule has 8 N–H and O–H groups in total. The van der Waals surface area contributed by atoms with Gasteiger partial charge in [-0.05, 0) is 36.1 Å². The molecular weight excluding hydrogens is 380 g/mol. The summed E-state index contributed by atoms with van der Waals surface area (Å²) in [6, 6.07) is 12.0. The van der Waals surface area contributed by atoms with Crippen LogP contribution in [0.15, 0.2) is 78.9 Å². The first-order valence-corrected chi connectivity index (χ1v) is 9.32. The summed E-state index contributed by atoms with van der Waals surface area (Å²) < 4.78 is 5.82. The first kappa shape index (κ1) is 19.2. The summed E-state index contributed by atoms with van der Waals surface area (Å²) >= 11 is 0. The van der Waals surface area contributed by atoms with Gasteiger partial charge >= 0.3 is 0 Å². The van der Waals surface area contributed by atoms with E-state index >= 15 is 0 Å². The summed E-state index contributed by atoms with van der Waals surface area (Å²) in [5.41, 5.74) is 25.8. The molecule has 0 aliphatic heterocycles. The molecule has 2 aliphatic carbocycles. The van der Waals surface area contributed by atoms with Crippen LogP contribution >= 0.6 is 0 Å². The Labute approximate surface area is 173 Å². The van der Waals surface area contributed by atoms with Crippen LogP contribution in [0.3, 0.4) is 0 Å². The van der Waals surface area contributed by atoms with E-state index < -0.39 is 0 Å². The summed E-state index contributed by atoms with van der Waals surface area (Å²) in [6.07, 6.45) is 9.46. The zero-order chi connectivity index (χ0) is 21.1. The van der Waals surface area contributed by atoms with Crippen LogP contribution in [0.2, 0.25) is 0 Å². The molecule has 9 heteroatoms. The molecule has 1 aromatic heterocycles. The summed E-state index contributed by atoms with van der Waals surface area (Å²) in [6.45, 7) is 0. The molecule has 1 heterocycles. The van der Waals surface area contributed by atoms with Gasteiger partial charge < -0.3 is 27.4 Å². The molecular formula is C21H22N8O. The lowest BCUT2D eigenvalue weighted by molar-refractivity contribution is 0.546. The van der Waals surface area contributed by atoms with Crippen LogP contribution in [0.25, 0.3) is 5.57 Å². The maximum absolute atomic E-state index is 5.82. The van der Waals surface area contributed by atoms with Gasteiger partial charge in [-0.25, -0.2) is 0 Å². The Kier molecular flexibility index (Phi) is 4.93. The lowest BCUT2D eigenvalue weighted by Gasteiger charge is -2.17. The first-order valence-electron chi connectivity index (χ1n) is 9.32. The minimum atomic E-state index is -0.100. The molecule has 1 unspecified atom stereocenters. The summed E-state index contributed by atoms with van der Waals surface area (Å²) in [4.78, 5) is 0. The third-order valence-electron chi connectivity index (χ3n) is 5.09. The van der Waals surface area contributed by atoms with E-state index in [1.807, 2.05) is 24.3 Å². The topological polar surface area (TPSA) is 167 Å². The SMILES string of the molecule is NC(N)=N/N=C/c1ccc(C23CC=C(c4ccc(/C=N/N=C(N)N)o4)C=C2C3)cc1. The third kappa shape index (κ3) is 4.00. The van der Waals surface area contributed by atoms with E-state index in [0.717, 1.165) is 29.7 Å². The van der Waals surface area contributed by atoms with Gasteiger partial charge in [-0.2, -0.15) is 10.2 Å². The standard InChI is InChI=1S/C21H22N8O/c22-19(23)28-26-11-13-1-3-15(4-2-13)21-8-7-14(9-16(21)10-21)18-6-5-17(30-18)12-27-29-20(24)25/h1-7,9,11-12H,8,10H2,(H4,22,23,28)(H4,24,25,29)/b26-11+,27-12+. The molecule has 30 heavy (non-hydrogen) atoms. The van der Waals surface area contributed by atoms with Crippen molar-refractivity contribution in [3.05, 3.63) is 76.8 Å². The average molecular weight is 402 g/mol. The number of guanidine groups is 2.